The van der Waals surface area contributed by atoms with Crippen LogP contribution in [0.15, 0.2) is 0 Å². The maximum absolute atomic E-state index is 13.1. The van der Waals surface area contributed by atoms with E-state index in [9.17, 15) is 9.59 Å². The second-order valence-corrected chi connectivity index (χ2v) is 8.83. The minimum absolute atomic E-state index is 0.00617. The van der Waals surface area contributed by atoms with Crippen molar-refractivity contribution in [3.8, 4) is 0 Å². The zero-order chi connectivity index (χ0) is 22.5. The molecule has 0 aromatic carbocycles. The zero-order valence-corrected chi connectivity index (χ0v) is 19.5. The fourth-order valence-electron chi connectivity index (χ4n) is 4.36. The zero-order valence-electron chi connectivity index (χ0n) is 19.5. The second-order valence-electron chi connectivity index (χ2n) is 8.83. The number of amides is 2. The van der Waals surface area contributed by atoms with Crippen LogP contribution in [0.2, 0.25) is 0 Å². The normalized spacial score (nSPS) is 26.7. The lowest BCUT2D eigenvalue weighted by Gasteiger charge is -2.32. The van der Waals surface area contributed by atoms with Gasteiger partial charge in [0, 0.05) is 13.0 Å². The molecule has 2 fully saturated rings. The summed E-state index contributed by atoms with van der Waals surface area (Å²) >= 11 is 0. The Morgan fingerprint density at radius 2 is 1.87 bits per heavy atom. The van der Waals surface area contributed by atoms with Gasteiger partial charge in [-0.25, -0.2) is 9.69 Å². The topological polar surface area (TPSA) is 83.5 Å². The summed E-state index contributed by atoms with van der Waals surface area (Å²) in [6.45, 7) is 12.8. The number of hydrogen-bond acceptors (Lipinski definition) is 7. The van der Waals surface area contributed by atoms with Crippen molar-refractivity contribution in [2.75, 3.05) is 27.1 Å². The molecule has 0 unspecified atom stereocenters. The van der Waals surface area contributed by atoms with E-state index in [1.807, 2.05) is 41.5 Å². The highest BCUT2D eigenvalue weighted by Gasteiger charge is 2.45. The average Bonchev–Trinajstić information content (AvgIpc) is 3.32. The Bertz CT molecular complexity index is 578. The standard InChI is InChI=1S/C22H39NO7/c1-8-22(9-2)29-12-18(30-22)19(28-13-26-7)15(5)10-16(6)20(24)23-17(14(3)4)11-27-21(23)25/h14-19H,8-13H2,1-7H3/t15-,16-,17+,18+,19-/m0/s1. The van der Waals surface area contributed by atoms with Crippen LogP contribution in [-0.2, 0) is 28.5 Å². The van der Waals surface area contributed by atoms with Crippen LogP contribution in [0.25, 0.3) is 0 Å². The van der Waals surface area contributed by atoms with Crippen LogP contribution in [0.4, 0.5) is 4.79 Å². The van der Waals surface area contributed by atoms with Crippen molar-refractivity contribution < 1.29 is 33.3 Å². The Hall–Kier alpha value is -1.22. The van der Waals surface area contributed by atoms with Gasteiger partial charge in [0.25, 0.3) is 0 Å². The molecule has 0 bridgehead atoms. The fraction of sp³-hybridized carbons (Fsp3) is 0.909. The number of carbonyl (C=O) groups excluding carboxylic acids is 2. The molecule has 2 saturated heterocycles. The quantitative estimate of drug-likeness (QED) is 0.464. The van der Waals surface area contributed by atoms with Crippen LogP contribution >= 0.6 is 0 Å². The van der Waals surface area contributed by atoms with Crippen molar-refractivity contribution in [1.29, 1.82) is 0 Å². The maximum Gasteiger partial charge on any atom is 0.416 e. The first-order chi connectivity index (χ1) is 14.2. The smallest absolute Gasteiger partial charge is 0.416 e. The van der Waals surface area contributed by atoms with Crippen molar-refractivity contribution in [3.05, 3.63) is 0 Å². The van der Waals surface area contributed by atoms with E-state index in [0.29, 0.717) is 13.0 Å². The van der Waals surface area contributed by atoms with Gasteiger partial charge in [-0.2, -0.15) is 0 Å². The van der Waals surface area contributed by atoms with Crippen molar-refractivity contribution in [3.63, 3.8) is 0 Å². The highest BCUT2D eigenvalue weighted by molar-refractivity contribution is 5.94. The van der Waals surface area contributed by atoms with Gasteiger partial charge in [0.15, 0.2) is 5.79 Å². The predicted molar refractivity (Wildman–Crippen MR) is 111 cm³/mol. The lowest BCUT2D eigenvalue weighted by Crippen LogP contribution is -2.45. The van der Waals surface area contributed by atoms with E-state index in [1.54, 1.807) is 7.11 Å². The van der Waals surface area contributed by atoms with Gasteiger partial charge in [-0.05, 0) is 31.1 Å². The summed E-state index contributed by atoms with van der Waals surface area (Å²) in [5, 5.41) is 0. The highest BCUT2D eigenvalue weighted by Crippen LogP contribution is 2.35. The molecule has 8 nitrogen and oxygen atoms in total. The van der Waals surface area contributed by atoms with Gasteiger partial charge in [-0.15, -0.1) is 0 Å². The lowest BCUT2D eigenvalue weighted by molar-refractivity contribution is -0.199. The van der Waals surface area contributed by atoms with Gasteiger partial charge in [0.2, 0.25) is 5.91 Å². The summed E-state index contributed by atoms with van der Waals surface area (Å²) in [5.74, 6) is -1.00. The summed E-state index contributed by atoms with van der Waals surface area (Å²) in [7, 11) is 1.58. The molecule has 8 heteroatoms. The van der Waals surface area contributed by atoms with E-state index < -0.39 is 11.9 Å². The van der Waals surface area contributed by atoms with Crippen molar-refractivity contribution >= 4 is 12.0 Å². The summed E-state index contributed by atoms with van der Waals surface area (Å²) in [5.41, 5.74) is 0. The van der Waals surface area contributed by atoms with Crippen LogP contribution in [-0.4, -0.2) is 68.1 Å². The minimum Gasteiger partial charge on any atom is -0.447 e. The van der Waals surface area contributed by atoms with Gasteiger partial charge < -0.3 is 23.7 Å². The predicted octanol–water partition coefficient (Wildman–Crippen LogP) is 3.57. The Balaban J connectivity index is 2.06. The molecule has 2 rings (SSSR count). The number of carbonyl (C=O) groups is 2. The second kappa shape index (κ2) is 10.9. The first-order valence-corrected chi connectivity index (χ1v) is 11.1. The molecule has 0 saturated carbocycles. The van der Waals surface area contributed by atoms with Gasteiger partial charge in [-0.3, -0.25) is 4.79 Å². The highest BCUT2D eigenvalue weighted by atomic mass is 16.8. The fourth-order valence-corrected chi connectivity index (χ4v) is 4.36. The molecule has 2 amide bonds. The molecule has 0 N–H and O–H groups in total. The Kier molecular flexibility index (Phi) is 9.09. The van der Waals surface area contributed by atoms with E-state index in [1.165, 1.54) is 4.90 Å². The number of rotatable bonds is 11. The molecule has 0 aromatic rings. The Labute approximate surface area is 180 Å². The molecule has 30 heavy (non-hydrogen) atoms. The number of methoxy groups -OCH3 is 1. The molecule has 2 heterocycles. The number of hydrogen-bond donors (Lipinski definition) is 0. The summed E-state index contributed by atoms with van der Waals surface area (Å²) < 4.78 is 28.4. The molecule has 174 valence electrons. The van der Waals surface area contributed by atoms with Gasteiger partial charge in [-0.1, -0.05) is 41.5 Å². The van der Waals surface area contributed by atoms with Gasteiger partial charge >= 0.3 is 6.09 Å². The Morgan fingerprint density at radius 1 is 1.20 bits per heavy atom. The van der Waals surface area contributed by atoms with Crippen molar-refractivity contribution in [2.24, 2.45) is 17.8 Å². The number of cyclic esters (lactones) is 1. The first-order valence-electron chi connectivity index (χ1n) is 11.1. The average molecular weight is 430 g/mol. The Morgan fingerprint density at radius 3 is 2.40 bits per heavy atom. The lowest BCUT2D eigenvalue weighted by atomic mass is 9.89. The number of nitrogens with zero attached hydrogens (tertiary/aromatic N) is 1. The van der Waals surface area contributed by atoms with Gasteiger partial charge in [0.05, 0.1) is 18.8 Å². The first kappa shape index (κ1) is 25.0. The number of ether oxygens (including phenoxy) is 5. The summed E-state index contributed by atoms with van der Waals surface area (Å²) in [6.07, 6.45) is 0.993. The third-order valence-corrected chi connectivity index (χ3v) is 6.32. The van der Waals surface area contributed by atoms with Crippen LogP contribution in [0.1, 0.15) is 60.8 Å². The molecule has 2 aliphatic heterocycles. The molecule has 0 aliphatic carbocycles. The van der Waals surface area contributed by atoms with Crippen molar-refractivity contribution in [2.45, 2.75) is 84.8 Å². The molecular weight excluding hydrogens is 390 g/mol. The molecule has 0 spiro atoms. The third kappa shape index (κ3) is 5.52. The summed E-state index contributed by atoms with van der Waals surface area (Å²) in [6, 6.07) is -0.218. The van der Waals surface area contributed by atoms with E-state index in [0.717, 1.165) is 12.8 Å². The van der Waals surface area contributed by atoms with Crippen LogP contribution in [0, 0.1) is 17.8 Å². The van der Waals surface area contributed by atoms with Crippen LogP contribution < -0.4 is 0 Å². The molecule has 0 radical (unpaired) electrons. The largest absolute Gasteiger partial charge is 0.447 e. The molecular formula is C22H39NO7. The van der Waals surface area contributed by atoms with Crippen LogP contribution in [0.3, 0.4) is 0 Å². The van der Waals surface area contributed by atoms with Gasteiger partial charge in [0.1, 0.15) is 19.5 Å². The van der Waals surface area contributed by atoms with E-state index in [-0.39, 0.29) is 55.3 Å². The van der Waals surface area contributed by atoms with Crippen molar-refractivity contribution in [1.82, 2.24) is 4.90 Å². The van der Waals surface area contributed by atoms with Crippen LogP contribution in [0.5, 0.6) is 0 Å². The third-order valence-electron chi connectivity index (χ3n) is 6.32. The maximum atomic E-state index is 13.1. The molecule has 5 atom stereocenters. The van der Waals surface area contributed by atoms with E-state index in [2.05, 4.69) is 0 Å². The monoisotopic (exact) mass is 429 g/mol. The minimum atomic E-state index is -0.579. The number of imide groups is 1. The molecule has 0 aromatic heterocycles. The van der Waals surface area contributed by atoms with E-state index in [4.69, 9.17) is 23.7 Å². The SMILES string of the molecule is CCC1(CC)OC[C@H]([C@@H](OCOC)[C@@H](C)C[C@H](C)C(=O)N2C(=O)OC[C@@H]2C(C)C)O1. The molecule has 2 aliphatic rings. The van der Waals surface area contributed by atoms with E-state index >= 15 is 0 Å². The summed E-state index contributed by atoms with van der Waals surface area (Å²) in [4.78, 5) is 26.5.